The fraction of sp³-hybridized carbons (Fsp3) is 0.412. The summed E-state index contributed by atoms with van der Waals surface area (Å²) >= 11 is 0. The molecule has 7 heteroatoms. The average molecular weight is 334 g/mol. The van der Waals surface area contributed by atoms with Crippen molar-refractivity contribution in [2.24, 2.45) is 7.05 Å². The highest BCUT2D eigenvalue weighted by atomic mass is 19.1. The van der Waals surface area contributed by atoms with Gasteiger partial charge in [0.2, 0.25) is 0 Å². The summed E-state index contributed by atoms with van der Waals surface area (Å²) in [4.78, 5) is 12.1. The minimum Gasteiger partial charge on any atom is -0.375 e. The van der Waals surface area contributed by atoms with Gasteiger partial charge in [0.05, 0.1) is 12.2 Å². The van der Waals surface area contributed by atoms with E-state index in [-0.39, 0.29) is 11.8 Å². The van der Waals surface area contributed by atoms with Crippen LogP contribution < -0.4 is 10.6 Å². The van der Waals surface area contributed by atoms with Crippen LogP contribution in [0.15, 0.2) is 30.5 Å². The van der Waals surface area contributed by atoms with Crippen LogP contribution >= 0.6 is 0 Å². The zero-order valence-corrected chi connectivity index (χ0v) is 14.3. The molecule has 24 heavy (non-hydrogen) atoms. The Labute approximate surface area is 141 Å². The van der Waals surface area contributed by atoms with Crippen LogP contribution in [0.25, 0.3) is 0 Å². The third-order valence-corrected chi connectivity index (χ3v) is 4.05. The normalized spacial score (nSPS) is 13.4. The Morgan fingerprint density at radius 3 is 2.71 bits per heavy atom. The second-order valence-corrected chi connectivity index (χ2v) is 5.67. The number of hydrogen-bond acceptors (Lipinski definition) is 3. The number of rotatable bonds is 6. The molecule has 1 aromatic heterocycles. The molecule has 0 aliphatic carbocycles. The van der Waals surface area contributed by atoms with Crippen molar-refractivity contribution in [2.45, 2.75) is 32.5 Å². The van der Waals surface area contributed by atoms with Crippen LogP contribution in [-0.4, -0.2) is 29.0 Å². The zero-order valence-electron chi connectivity index (χ0n) is 14.3. The van der Waals surface area contributed by atoms with Crippen LogP contribution in [0.3, 0.4) is 0 Å². The summed E-state index contributed by atoms with van der Waals surface area (Å²) in [7, 11) is 3.34. The molecule has 0 aliphatic heterocycles. The van der Waals surface area contributed by atoms with E-state index in [1.165, 1.54) is 13.2 Å². The molecule has 0 fully saturated rings. The van der Waals surface area contributed by atoms with E-state index >= 15 is 0 Å². The standard InChI is InChI=1S/C17H23FN4O2/c1-11(16(24-4)14-7-5-6-8-15(14)18)21-17(23)19-9-13-10-20-22(3)12(13)2/h5-8,10-11,16H,9H2,1-4H3,(H2,19,21,23)/t11-,16-/m0/s1. The Morgan fingerprint density at radius 2 is 2.12 bits per heavy atom. The number of urea groups is 1. The van der Waals surface area contributed by atoms with Gasteiger partial charge in [0.1, 0.15) is 11.9 Å². The van der Waals surface area contributed by atoms with Gasteiger partial charge in [-0.2, -0.15) is 5.10 Å². The van der Waals surface area contributed by atoms with E-state index < -0.39 is 12.1 Å². The van der Waals surface area contributed by atoms with E-state index in [2.05, 4.69) is 15.7 Å². The molecule has 130 valence electrons. The second kappa shape index (κ2) is 7.92. The first-order valence-electron chi connectivity index (χ1n) is 7.73. The lowest BCUT2D eigenvalue weighted by Gasteiger charge is -2.24. The SMILES string of the molecule is CO[C@H](c1ccccc1F)[C@H](C)NC(=O)NCc1cnn(C)c1C. The summed E-state index contributed by atoms with van der Waals surface area (Å²) in [6.07, 6.45) is 1.15. The summed E-state index contributed by atoms with van der Waals surface area (Å²) in [6, 6.07) is 5.64. The van der Waals surface area contributed by atoms with E-state index in [0.29, 0.717) is 12.1 Å². The molecule has 0 spiro atoms. The Kier molecular flexibility index (Phi) is 5.92. The molecular formula is C17H23FN4O2. The molecule has 1 heterocycles. The molecule has 2 aromatic rings. The Balaban J connectivity index is 1.95. The largest absolute Gasteiger partial charge is 0.375 e. The number of aromatic nitrogens is 2. The lowest BCUT2D eigenvalue weighted by molar-refractivity contribution is 0.0733. The fourth-order valence-corrected chi connectivity index (χ4v) is 2.53. The maximum atomic E-state index is 13.9. The van der Waals surface area contributed by atoms with E-state index in [1.54, 1.807) is 36.0 Å². The summed E-state index contributed by atoms with van der Waals surface area (Å²) in [5.74, 6) is -0.357. The minimum atomic E-state index is -0.572. The minimum absolute atomic E-state index is 0.343. The molecule has 1 aromatic carbocycles. The van der Waals surface area contributed by atoms with Gasteiger partial charge < -0.3 is 15.4 Å². The quantitative estimate of drug-likeness (QED) is 0.852. The van der Waals surface area contributed by atoms with Gasteiger partial charge in [0.25, 0.3) is 0 Å². The number of nitrogens with zero attached hydrogens (tertiary/aromatic N) is 2. The predicted octanol–water partition coefficient (Wildman–Crippen LogP) is 2.44. The van der Waals surface area contributed by atoms with E-state index in [9.17, 15) is 9.18 Å². The Morgan fingerprint density at radius 1 is 1.42 bits per heavy atom. The van der Waals surface area contributed by atoms with Crippen LogP contribution in [0.1, 0.15) is 29.8 Å². The van der Waals surface area contributed by atoms with E-state index in [4.69, 9.17) is 4.74 Å². The first-order chi connectivity index (χ1) is 11.4. The van der Waals surface area contributed by atoms with Crippen molar-refractivity contribution in [1.82, 2.24) is 20.4 Å². The van der Waals surface area contributed by atoms with Gasteiger partial charge in [-0.25, -0.2) is 9.18 Å². The Bertz CT molecular complexity index is 702. The molecule has 0 unspecified atom stereocenters. The third kappa shape index (κ3) is 4.11. The van der Waals surface area contributed by atoms with Crippen LogP contribution in [0.5, 0.6) is 0 Å². The van der Waals surface area contributed by atoms with Gasteiger partial charge in [-0.1, -0.05) is 18.2 Å². The number of amides is 2. The monoisotopic (exact) mass is 334 g/mol. The van der Waals surface area contributed by atoms with Crippen LogP contribution in [0.2, 0.25) is 0 Å². The number of methoxy groups -OCH3 is 1. The number of aryl methyl sites for hydroxylation is 1. The smallest absolute Gasteiger partial charge is 0.315 e. The van der Waals surface area contributed by atoms with Crippen molar-refractivity contribution in [3.8, 4) is 0 Å². The molecular weight excluding hydrogens is 311 g/mol. The summed E-state index contributed by atoms with van der Waals surface area (Å²) in [5.41, 5.74) is 2.35. The van der Waals surface area contributed by atoms with Crippen LogP contribution in [0, 0.1) is 12.7 Å². The molecule has 2 atom stereocenters. The van der Waals surface area contributed by atoms with Gasteiger partial charge in [-0.15, -0.1) is 0 Å². The maximum absolute atomic E-state index is 13.9. The molecule has 0 radical (unpaired) electrons. The van der Waals surface area contributed by atoms with Gasteiger partial charge in [-0.05, 0) is 19.9 Å². The van der Waals surface area contributed by atoms with Crippen molar-refractivity contribution in [1.29, 1.82) is 0 Å². The highest BCUT2D eigenvalue weighted by Crippen LogP contribution is 2.23. The second-order valence-electron chi connectivity index (χ2n) is 5.67. The van der Waals surface area contributed by atoms with Crippen LogP contribution in [-0.2, 0) is 18.3 Å². The fourth-order valence-electron chi connectivity index (χ4n) is 2.53. The topological polar surface area (TPSA) is 68.2 Å². The predicted molar refractivity (Wildman–Crippen MR) is 88.9 cm³/mol. The number of carbonyl (C=O) groups excluding carboxylic acids is 1. The van der Waals surface area contributed by atoms with Gasteiger partial charge >= 0.3 is 6.03 Å². The molecule has 2 rings (SSSR count). The number of halogens is 1. The summed E-state index contributed by atoms with van der Waals surface area (Å²) in [5, 5.41) is 9.69. The van der Waals surface area contributed by atoms with Gasteiger partial charge in [-0.3, -0.25) is 4.68 Å². The van der Waals surface area contributed by atoms with Gasteiger partial charge in [0.15, 0.2) is 0 Å². The molecule has 0 saturated carbocycles. The molecule has 2 amide bonds. The maximum Gasteiger partial charge on any atom is 0.315 e. The zero-order chi connectivity index (χ0) is 17.7. The first kappa shape index (κ1) is 17.9. The molecule has 0 saturated heterocycles. The average Bonchev–Trinajstić information content (AvgIpc) is 2.87. The van der Waals surface area contributed by atoms with Crippen molar-refractivity contribution >= 4 is 6.03 Å². The van der Waals surface area contributed by atoms with Crippen molar-refractivity contribution in [3.63, 3.8) is 0 Å². The molecule has 0 bridgehead atoms. The van der Waals surface area contributed by atoms with Crippen molar-refractivity contribution in [3.05, 3.63) is 53.1 Å². The number of ether oxygens (including phenoxy) is 1. The van der Waals surface area contributed by atoms with E-state index in [1.807, 2.05) is 14.0 Å². The number of benzene rings is 1. The number of hydrogen-bond donors (Lipinski definition) is 2. The molecule has 6 nitrogen and oxygen atoms in total. The van der Waals surface area contributed by atoms with E-state index in [0.717, 1.165) is 11.3 Å². The first-order valence-corrected chi connectivity index (χ1v) is 7.73. The molecule has 2 N–H and O–H groups in total. The third-order valence-electron chi connectivity index (χ3n) is 4.05. The highest BCUT2D eigenvalue weighted by molar-refractivity contribution is 5.74. The Hall–Kier alpha value is -2.41. The molecule has 0 aliphatic rings. The van der Waals surface area contributed by atoms with Crippen molar-refractivity contribution in [2.75, 3.05) is 7.11 Å². The highest BCUT2D eigenvalue weighted by Gasteiger charge is 2.23. The summed E-state index contributed by atoms with van der Waals surface area (Å²) < 4.78 is 21.0. The lowest BCUT2D eigenvalue weighted by atomic mass is 10.0. The summed E-state index contributed by atoms with van der Waals surface area (Å²) in [6.45, 7) is 4.08. The lowest BCUT2D eigenvalue weighted by Crippen LogP contribution is -2.43. The van der Waals surface area contributed by atoms with Gasteiger partial charge in [0, 0.05) is 37.5 Å². The number of carbonyl (C=O) groups is 1. The number of nitrogens with one attached hydrogen (secondary N) is 2. The van der Waals surface area contributed by atoms with Crippen molar-refractivity contribution < 1.29 is 13.9 Å². The van der Waals surface area contributed by atoms with Crippen LogP contribution in [0.4, 0.5) is 9.18 Å².